The van der Waals surface area contributed by atoms with Crippen LogP contribution in [0.3, 0.4) is 0 Å². The molecule has 12 heteroatoms. The lowest BCUT2D eigenvalue weighted by Crippen LogP contribution is -2.81. The standard InChI is InChI=1S/C45H55N5O7/c1-7-27-20-28-23-44(40(46)52,36-30(14-18-49(24-27)25-28)29-12-9-10-13-33(29)47-36)32-21-31-34(22-35(32)55-5)48(4)38-43(31)16-19-50-17-11-15-42(8-2,37(43)50)39(57-26(3)51)45(38,54)41(53)56-6/h9-13,15,20-22,28,37-39,47,54H,7-8,14,16-19,23-25H2,1-6H3,(H2,46,52)/t28-,37-,38?,39+,42+,43+,44-,45?/m0/s1. The van der Waals surface area contributed by atoms with Crippen molar-refractivity contribution in [3.63, 3.8) is 0 Å². The van der Waals surface area contributed by atoms with Crippen molar-refractivity contribution in [2.45, 2.75) is 87.5 Å². The summed E-state index contributed by atoms with van der Waals surface area (Å²) in [5, 5.41) is 14.4. The summed E-state index contributed by atoms with van der Waals surface area (Å²) < 4.78 is 17.9. The van der Waals surface area contributed by atoms with Crippen LogP contribution in [0, 0.1) is 11.3 Å². The lowest BCUT2D eigenvalue weighted by molar-refractivity contribution is -0.228. The Kier molecular flexibility index (Phi) is 8.77. The zero-order valence-corrected chi connectivity index (χ0v) is 33.9. The predicted molar refractivity (Wildman–Crippen MR) is 216 cm³/mol. The summed E-state index contributed by atoms with van der Waals surface area (Å²) in [5.74, 6) is -1.41. The van der Waals surface area contributed by atoms with E-state index >= 15 is 0 Å². The average molecular weight is 778 g/mol. The van der Waals surface area contributed by atoms with Crippen LogP contribution in [0.1, 0.15) is 68.8 Å². The molecule has 4 N–H and O–H groups in total. The number of hydrogen-bond acceptors (Lipinski definition) is 10. The van der Waals surface area contributed by atoms with Crippen molar-refractivity contribution in [3.05, 3.63) is 82.6 Å². The number of nitrogens with two attached hydrogens (primary N) is 1. The molecule has 1 saturated heterocycles. The number of aromatic nitrogens is 1. The van der Waals surface area contributed by atoms with Gasteiger partial charge in [0, 0.05) is 90.9 Å². The number of primary amides is 1. The summed E-state index contributed by atoms with van der Waals surface area (Å²) in [5.41, 5.74) is 7.90. The number of H-pyrrole nitrogens is 1. The Morgan fingerprint density at radius 2 is 1.86 bits per heavy atom. The number of likely N-dealkylation sites (N-methyl/N-ethyl adjacent to an activating group) is 1. The minimum atomic E-state index is -2.28. The van der Waals surface area contributed by atoms with Gasteiger partial charge >= 0.3 is 11.9 Å². The van der Waals surface area contributed by atoms with Gasteiger partial charge in [-0.05, 0) is 67.8 Å². The van der Waals surface area contributed by atoms with Crippen molar-refractivity contribution in [3.8, 4) is 5.75 Å². The number of esters is 2. The van der Waals surface area contributed by atoms with E-state index < -0.39 is 51.8 Å². The highest BCUT2D eigenvalue weighted by molar-refractivity contribution is 5.96. The fourth-order valence-corrected chi connectivity index (χ4v) is 12.9. The van der Waals surface area contributed by atoms with Crippen LogP contribution in [0.2, 0.25) is 0 Å². The van der Waals surface area contributed by atoms with Gasteiger partial charge in [-0.3, -0.25) is 19.4 Å². The first-order chi connectivity index (χ1) is 27.3. The van der Waals surface area contributed by atoms with Crippen LogP contribution >= 0.6 is 0 Å². The Bertz CT molecular complexity index is 2250. The van der Waals surface area contributed by atoms with Crippen LogP contribution in [0.4, 0.5) is 5.69 Å². The van der Waals surface area contributed by atoms with Gasteiger partial charge in [-0.1, -0.05) is 55.8 Å². The first kappa shape index (κ1) is 37.9. The van der Waals surface area contributed by atoms with Gasteiger partial charge in [0.15, 0.2) is 6.10 Å². The summed E-state index contributed by atoms with van der Waals surface area (Å²) >= 11 is 0. The number of methoxy groups -OCH3 is 2. The number of aromatic amines is 1. The predicted octanol–water partition coefficient (Wildman–Crippen LogP) is 4.11. The molecule has 1 amide bonds. The summed E-state index contributed by atoms with van der Waals surface area (Å²) in [4.78, 5) is 52.9. The molecule has 9 atom stereocenters. The summed E-state index contributed by atoms with van der Waals surface area (Å²) in [6.07, 6.45) is 8.39. The van der Waals surface area contributed by atoms with Gasteiger partial charge in [-0.15, -0.1) is 0 Å². The molecule has 3 unspecified atom stereocenters. The number of carbonyl (C=O) groups excluding carboxylic acids is 3. The zero-order valence-electron chi connectivity index (χ0n) is 33.9. The molecule has 302 valence electrons. The minimum absolute atomic E-state index is 0.0203. The van der Waals surface area contributed by atoms with Crippen molar-refractivity contribution >= 4 is 34.4 Å². The number of benzene rings is 2. The zero-order chi connectivity index (χ0) is 40.2. The molecule has 6 heterocycles. The normalized spacial score (nSPS) is 35.2. The maximum atomic E-state index is 14.9. The van der Waals surface area contributed by atoms with Crippen LogP contribution < -0.4 is 15.4 Å². The number of anilines is 1. The molecule has 2 fully saturated rings. The number of nitrogens with one attached hydrogen (secondary N) is 1. The molecule has 2 aromatic carbocycles. The van der Waals surface area contributed by atoms with Crippen molar-refractivity contribution in [2.24, 2.45) is 17.1 Å². The molecule has 1 aromatic heterocycles. The van der Waals surface area contributed by atoms with Gasteiger partial charge in [0.2, 0.25) is 11.5 Å². The van der Waals surface area contributed by atoms with Gasteiger partial charge in [-0.2, -0.15) is 0 Å². The number of fused-ring (bicyclic) bond motifs is 6. The number of carbonyl (C=O) groups is 3. The third-order valence-corrected chi connectivity index (χ3v) is 14.9. The first-order valence-electron chi connectivity index (χ1n) is 20.5. The largest absolute Gasteiger partial charge is 0.496 e. The molecule has 2 bridgehead atoms. The van der Waals surface area contributed by atoms with Crippen LogP contribution in [0.15, 0.2) is 60.2 Å². The molecule has 57 heavy (non-hydrogen) atoms. The number of amides is 1. The molecule has 1 saturated carbocycles. The lowest BCUT2D eigenvalue weighted by atomic mass is 9.47. The molecular formula is C45H55N5O7. The Labute approximate surface area is 334 Å². The monoisotopic (exact) mass is 777 g/mol. The highest BCUT2D eigenvalue weighted by atomic mass is 16.6. The van der Waals surface area contributed by atoms with Crippen molar-refractivity contribution in [1.29, 1.82) is 0 Å². The van der Waals surface area contributed by atoms with E-state index in [2.05, 4.69) is 58.1 Å². The Morgan fingerprint density at radius 3 is 2.56 bits per heavy atom. The SMILES string of the molecule is CCC1=C[C@@H]2CN(CCc3c([nH]c4ccccc34)[C@@](C(N)=O)(c3cc4c(cc3OC)N(C)C3C(O)(C(=O)OC)[C@H](OC(C)=O)[C@]5(CC)C=CCN6CC[C@]43[C@@H]65)C2)C1. The van der Waals surface area contributed by atoms with Gasteiger partial charge in [0.05, 0.1) is 20.3 Å². The second-order valence-corrected chi connectivity index (χ2v) is 17.4. The molecule has 3 aromatic rings. The van der Waals surface area contributed by atoms with E-state index in [-0.39, 0.29) is 12.0 Å². The third kappa shape index (κ3) is 4.86. The van der Waals surface area contributed by atoms with E-state index in [4.69, 9.17) is 19.9 Å². The Hall–Kier alpha value is -4.65. The van der Waals surface area contributed by atoms with Crippen LogP contribution in [0.5, 0.6) is 5.75 Å². The number of rotatable bonds is 7. The van der Waals surface area contributed by atoms with Crippen LogP contribution in [-0.4, -0.2) is 116 Å². The number of aliphatic hydroxyl groups is 1. The molecule has 1 spiro atoms. The van der Waals surface area contributed by atoms with Gasteiger partial charge in [0.25, 0.3) is 0 Å². The number of nitrogens with zero attached hydrogens (tertiary/aromatic N) is 3. The van der Waals surface area contributed by atoms with Crippen LogP contribution in [-0.2, 0) is 41.1 Å². The van der Waals surface area contributed by atoms with E-state index in [1.807, 2.05) is 37.1 Å². The fraction of sp³-hybridized carbons (Fsp3) is 0.533. The average Bonchev–Trinajstić information content (AvgIpc) is 3.87. The highest BCUT2D eigenvalue weighted by Crippen LogP contribution is 2.68. The van der Waals surface area contributed by atoms with Crippen molar-refractivity contribution < 1.29 is 33.7 Å². The second-order valence-electron chi connectivity index (χ2n) is 17.4. The Morgan fingerprint density at radius 1 is 1.07 bits per heavy atom. The molecule has 5 aliphatic heterocycles. The third-order valence-electron chi connectivity index (χ3n) is 14.9. The molecule has 6 aliphatic rings. The lowest BCUT2D eigenvalue weighted by Gasteiger charge is -2.63. The topological polar surface area (TPSA) is 151 Å². The van der Waals surface area contributed by atoms with E-state index in [9.17, 15) is 19.5 Å². The summed E-state index contributed by atoms with van der Waals surface area (Å²) in [7, 11) is 4.76. The molecule has 1 aliphatic carbocycles. The highest BCUT2D eigenvalue weighted by Gasteiger charge is 2.80. The molecule has 9 rings (SSSR count). The maximum absolute atomic E-state index is 14.9. The number of hydrogen-bond donors (Lipinski definition) is 3. The molecule has 0 radical (unpaired) electrons. The molecular weight excluding hydrogens is 723 g/mol. The number of para-hydroxylation sites is 1. The quantitative estimate of drug-likeness (QED) is 0.236. The maximum Gasteiger partial charge on any atom is 0.344 e. The number of ether oxygens (including phenoxy) is 3. The minimum Gasteiger partial charge on any atom is -0.496 e. The van der Waals surface area contributed by atoms with Gasteiger partial charge in [0.1, 0.15) is 11.2 Å². The Balaban J connectivity index is 1.36. The van der Waals surface area contributed by atoms with Crippen molar-refractivity contribution in [1.82, 2.24) is 14.8 Å². The van der Waals surface area contributed by atoms with E-state index in [1.54, 1.807) is 7.11 Å². The first-order valence-corrected chi connectivity index (χ1v) is 20.5. The molecule has 12 nitrogen and oxygen atoms in total. The van der Waals surface area contributed by atoms with Gasteiger partial charge < -0.3 is 34.9 Å². The van der Waals surface area contributed by atoms with Gasteiger partial charge in [-0.25, -0.2) is 4.79 Å². The van der Waals surface area contributed by atoms with E-state index in [0.717, 1.165) is 65.9 Å². The van der Waals surface area contributed by atoms with E-state index in [1.165, 1.54) is 19.6 Å². The fourth-order valence-electron chi connectivity index (χ4n) is 12.9. The summed E-state index contributed by atoms with van der Waals surface area (Å²) in [6.45, 7) is 9.41. The summed E-state index contributed by atoms with van der Waals surface area (Å²) in [6, 6.07) is 11.1. The van der Waals surface area contributed by atoms with Crippen molar-refractivity contribution in [2.75, 3.05) is 58.9 Å². The second kappa shape index (κ2) is 13.2. The smallest absolute Gasteiger partial charge is 0.344 e. The van der Waals surface area contributed by atoms with Crippen LogP contribution in [0.25, 0.3) is 10.9 Å². The van der Waals surface area contributed by atoms with E-state index in [0.29, 0.717) is 43.7 Å².